The van der Waals surface area contributed by atoms with E-state index in [2.05, 4.69) is 5.32 Å². The summed E-state index contributed by atoms with van der Waals surface area (Å²) >= 11 is 6.03. The van der Waals surface area contributed by atoms with Crippen molar-refractivity contribution in [2.45, 2.75) is 13.0 Å². The van der Waals surface area contributed by atoms with Gasteiger partial charge in [0.05, 0.1) is 29.3 Å². The minimum absolute atomic E-state index is 0.315. The van der Waals surface area contributed by atoms with Crippen LogP contribution in [-0.2, 0) is 9.53 Å². The minimum Gasteiger partial charge on any atom is -0.463 e. The van der Waals surface area contributed by atoms with Gasteiger partial charge in [-0.2, -0.15) is 0 Å². The Morgan fingerprint density at radius 2 is 1.96 bits per heavy atom. The van der Waals surface area contributed by atoms with Gasteiger partial charge in [0.2, 0.25) is 0 Å². The second-order valence-electron chi connectivity index (χ2n) is 6.11. The van der Waals surface area contributed by atoms with E-state index in [1.165, 1.54) is 0 Å². The normalized spacial score (nSPS) is 18.0. The minimum atomic E-state index is -0.348. The third kappa shape index (κ3) is 2.65. The second-order valence-corrected chi connectivity index (χ2v) is 6.55. The molecule has 2 aliphatic rings. The van der Waals surface area contributed by atoms with Crippen molar-refractivity contribution in [2.75, 3.05) is 19.0 Å². The molecule has 1 N–H and O–H groups in total. The summed E-state index contributed by atoms with van der Waals surface area (Å²) in [4.78, 5) is 19.5. The van der Waals surface area contributed by atoms with Crippen LogP contribution in [0.15, 0.2) is 59.1 Å². The van der Waals surface area contributed by atoms with Crippen LogP contribution in [0.2, 0.25) is 5.02 Å². The van der Waals surface area contributed by atoms with Crippen LogP contribution in [0.25, 0.3) is 5.70 Å². The van der Waals surface area contributed by atoms with Gasteiger partial charge < -0.3 is 15.0 Å². The van der Waals surface area contributed by atoms with Crippen molar-refractivity contribution in [1.82, 2.24) is 4.90 Å². The fraction of sp³-hybridized carbons (Fsp3) is 0.200. The number of amidine groups is 1. The lowest BCUT2D eigenvalue weighted by Crippen LogP contribution is -2.37. The lowest BCUT2D eigenvalue weighted by Gasteiger charge is -2.26. The Morgan fingerprint density at radius 1 is 1.23 bits per heavy atom. The SMILES string of the molecule is CCOC(=O)C1=C(c2ccc(Cl)cc2)N(C)C2=Nc3ccccc3NC21. The first-order valence-electron chi connectivity index (χ1n) is 8.45. The molecule has 5 nitrogen and oxygen atoms in total. The van der Waals surface area contributed by atoms with Gasteiger partial charge in [-0.1, -0.05) is 35.9 Å². The van der Waals surface area contributed by atoms with E-state index < -0.39 is 0 Å². The smallest absolute Gasteiger partial charge is 0.338 e. The summed E-state index contributed by atoms with van der Waals surface area (Å²) in [6, 6.07) is 14.9. The maximum Gasteiger partial charge on any atom is 0.338 e. The van der Waals surface area contributed by atoms with E-state index in [0.717, 1.165) is 28.5 Å². The number of halogens is 1. The molecular weight excluding hydrogens is 350 g/mol. The number of hydrogen-bond donors (Lipinski definition) is 1. The Bertz CT molecular complexity index is 934. The average molecular weight is 368 g/mol. The molecule has 1 unspecified atom stereocenters. The number of anilines is 1. The molecule has 0 spiro atoms. The van der Waals surface area contributed by atoms with Crippen LogP contribution in [0.3, 0.4) is 0 Å². The van der Waals surface area contributed by atoms with Gasteiger partial charge in [0.1, 0.15) is 11.9 Å². The van der Waals surface area contributed by atoms with Crippen LogP contribution in [0, 0.1) is 0 Å². The number of ether oxygens (including phenoxy) is 1. The van der Waals surface area contributed by atoms with Crippen molar-refractivity contribution in [3.63, 3.8) is 0 Å². The molecule has 0 saturated carbocycles. The second kappa shape index (κ2) is 6.50. The molecule has 0 radical (unpaired) electrons. The third-order valence-corrected chi connectivity index (χ3v) is 4.78. The summed E-state index contributed by atoms with van der Waals surface area (Å²) in [6.45, 7) is 2.12. The number of aliphatic imine (C=N–C) groups is 1. The zero-order valence-electron chi connectivity index (χ0n) is 14.5. The maximum absolute atomic E-state index is 12.8. The Morgan fingerprint density at radius 3 is 2.69 bits per heavy atom. The Kier molecular flexibility index (Phi) is 4.17. The highest BCUT2D eigenvalue weighted by atomic mass is 35.5. The summed E-state index contributed by atoms with van der Waals surface area (Å²) in [5.41, 5.74) is 3.98. The van der Waals surface area contributed by atoms with Crippen LogP contribution in [0.4, 0.5) is 11.4 Å². The van der Waals surface area contributed by atoms with E-state index in [1.54, 1.807) is 6.92 Å². The van der Waals surface area contributed by atoms with Crippen molar-refractivity contribution >= 4 is 40.5 Å². The van der Waals surface area contributed by atoms with E-state index in [9.17, 15) is 4.79 Å². The third-order valence-electron chi connectivity index (χ3n) is 4.53. The van der Waals surface area contributed by atoms with Crippen LogP contribution in [0.5, 0.6) is 0 Å². The van der Waals surface area contributed by atoms with Crippen molar-refractivity contribution in [2.24, 2.45) is 4.99 Å². The Hall–Kier alpha value is -2.79. The number of esters is 1. The van der Waals surface area contributed by atoms with Gasteiger partial charge >= 0.3 is 5.97 Å². The molecular formula is C20H18ClN3O2. The molecule has 6 heteroatoms. The highest BCUT2D eigenvalue weighted by Gasteiger charge is 2.42. The topological polar surface area (TPSA) is 53.9 Å². The molecule has 1 atom stereocenters. The van der Waals surface area contributed by atoms with Crippen LogP contribution >= 0.6 is 11.6 Å². The molecule has 2 aromatic carbocycles. The predicted octanol–water partition coefficient (Wildman–Crippen LogP) is 4.08. The fourth-order valence-corrected chi connectivity index (χ4v) is 3.51. The predicted molar refractivity (Wildman–Crippen MR) is 104 cm³/mol. The molecule has 2 aromatic rings. The number of nitrogens with one attached hydrogen (secondary N) is 1. The van der Waals surface area contributed by atoms with Gasteiger partial charge in [0, 0.05) is 12.1 Å². The fourth-order valence-electron chi connectivity index (χ4n) is 3.38. The number of carbonyl (C=O) groups excluding carboxylic acids is 1. The molecule has 132 valence electrons. The van der Waals surface area contributed by atoms with Crippen LogP contribution in [-0.4, -0.2) is 36.4 Å². The van der Waals surface area contributed by atoms with E-state index in [1.807, 2.05) is 60.5 Å². The van der Waals surface area contributed by atoms with Gasteiger partial charge in [0.25, 0.3) is 0 Å². The van der Waals surface area contributed by atoms with E-state index in [0.29, 0.717) is 17.2 Å². The van der Waals surface area contributed by atoms with Gasteiger partial charge in [-0.25, -0.2) is 9.79 Å². The Balaban J connectivity index is 1.87. The number of fused-ring (bicyclic) bond motifs is 2. The molecule has 0 amide bonds. The standard InChI is InChI=1S/C20H18ClN3O2/c1-3-26-20(25)16-17-19(23-15-7-5-4-6-14(15)22-17)24(2)18(16)12-8-10-13(21)11-9-12/h4-11,17,22H,3H2,1-2H3. The summed E-state index contributed by atoms with van der Waals surface area (Å²) in [5.74, 6) is 0.433. The van der Waals surface area contributed by atoms with Crippen LogP contribution < -0.4 is 5.32 Å². The first kappa shape index (κ1) is 16.7. The number of nitrogens with zero attached hydrogens (tertiary/aromatic N) is 2. The molecule has 0 saturated heterocycles. The molecule has 26 heavy (non-hydrogen) atoms. The zero-order valence-corrected chi connectivity index (χ0v) is 15.2. The average Bonchev–Trinajstić information content (AvgIpc) is 2.93. The van der Waals surface area contributed by atoms with Crippen molar-refractivity contribution in [3.8, 4) is 0 Å². The van der Waals surface area contributed by atoms with Gasteiger partial charge in [-0.05, 0) is 36.8 Å². The monoisotopic (exact) mass is 367 g/mol. The van der Waals surface area contributed by atoms with Crippen LogP contribution in [0.1, 0.15) is 12.5 Å². The summed E-state index contributed by atoms with van der Waals surface area (Å²) in [6.07, 6.45) is 0. The number of likely N-dealkylation sites (N-methyl/N-ethyl adjacent to an activating group) is 1. The quantitative estimate of drug-likeness (QED) is 0.830. The largest absolute Gasteiger partial charge is 0.463 e. The number of rotatable bonds is 3. The van der Waals surface area contributed by atoms with E-state index in [4.69, 9.17) is 21.3 Å². The zero-order chi connectivity index (χ0) is 18.3. The molecule has 0 aliphatic carbocycles. The highest BCUT2D eigenvalue weighted by Crippen LogP contribution is 2.40. The van der Waals surface area contributed by atoms with E-state index >= 15 is 0 Å². The van der Waals surface area contributed by atoms with Gasteiger partial charge in [-0.15, -0.1) is 0 Å². The molecule has 0 fully saturated rings. The number of benzene rings is 2. The molecule has 2 heterocycles. The van der Waals surface area contributed by atoms with Crippen molar-refractivity contribution in [3.05, 3.63) is 64.7 Å². The summed E-state index contributed by atoms with van der Waals surface area (Å²) < 4.78 is 5.34. The molecule has 0 aromatic heterocycles. The number of hydrogen-bond acceptors (Lipinski definition) is 5. The van der Waals surface area contributed by atoms with Gasteiger partial charge in [0.15, 0.2) is 0 Å². The molecule has 2 aliphatic heterocycles. The first-order valence-corrected chi connectivity index (χ1v) is 8.83. The summed E-state index contributed by atoms with van der Waals surface area (Å²) in [7, 11) is 1.91. The lowest BCUT2D eigenvalue weighted by atomic mass is 10.0. The van der Waals surface area contributed by atoms with Crippen molar-refractivity contribution in [1.29, 1.82) is 0 Å². The Labute approximate surface area is 156 Å². The first-order chi connectivity index (χ1) is 12.6. The summed E-state index contributed by atoms with van der Waals surface area (Å²) in [5, 5.41) is 4.08. The van der Waals surface area contributed by atoms with E-state index in [-0.39, 0.29) is 12.0 Å². The molecule has 0 bridgehead atoms. The lowest BCUT2D eigenvalue weighted by molar-refractivity contribution is -0.138. The highest BCUT2D eigenvalue weighted by molar-refractivity contribution is 6.30. The molecule has 4 rings (SSSR count). The van der Waals surface area contributed by atoms with Gasteiger partial charge in [-0.3, -0.25) is 0 Å². The maximum atomic E-state index is 12.8. The van der Waals surface area contributed by atoms with Crippen molar-refractivity contribution < 1.29 is 9.53 Å². The number of para-hydroxylation sites is 2. The number of carbonyl (C=O) groups is 1.